The topological polar surface area (TPSA) is 63.8 Å². The maximum absolute atomic E-state index is 5.70. The molecule has 0 saturated carbocycles. The molecule has 82 valence electrons. The molecular weight excluding hydrogens is 200 g/mol. The quantitative estimate of drug-likeness (QED) is 0.820. The van der Waals surface area contributed by atoms with Crippen LogP contribution in [0.25, 0.3) is 0 Å². The fourth-order valence-electron chi connectivity index (χ4n) is 1.36. The molecule has 0 spiro atoms. The van der Waals surface area contributed by atoms with Crippen LogP contribution in [0.4, 0.5) is 11.5 Å². The van der Waals surface area contributed by atoms with E-state index in [4.69, 9.17) is 5.73 Å². The second kappa shape index (κ2) is 4.61. The number of anilines is 2. The maximum atomic E-state index is 5.70. The van der Waals surface area contributed by atoms with Crippen LogP contribution in [0.5, 0.6) is 0 Å². The highest BCUT2D eigenvalue weighted by Crippen LogP contribution is 2.13. The zero-order chi connectivity index (χ0) is 11.4. The molecule has 4 heteroatoms. The van der Waals surface area contributed by atoms with Crippen LogP contribution >= 0.6 is 0 Å². The number of aryl methyl sites for hydroxylation is 1. The molecule has 4 nitrogen and oxygen atoms in total. The van der Waals surface area contributed by atoms with Crippen molar-refractivity contribution >= 4 is 11.5 Å². The predicted octanol–water partition coefficient (Wildman–Crippen LogP) is 1.98. The molecule has 2 heterocycles. The molecule has 0 aromatic carbocycles. The van der Waals surface area contributed by atoms with Crippen LogP contribution in [0.3, 0.4) is 0 Å². The van der Waals surface area contributed by atoms with Crippen molar-refractivity contribution in [2.24, 2.45) is 0 Å². The molecule has 0 aliphatic heterocycles. The molecule has 0 radical (unpaired) electrons. The molecule has 2 rings (SSSR count). The van der Waals surface area contributed by atoms with E-state index in [9.17, 15) is 0 Å². The molecule has 2 aromatic heterocycles. The summed E-state index contributed by atoms with van der Waals surface area (Å²) in [5.41, 5.74) is 8.57. The zero-order valence-electron chi connectivity index (χ0n) is 9.14. The molecule has 0 aliphatic carbocycles. The van der Waals surface area contributed by atoms with Gasteiger partial charge in [0.25, 0.3) is 0 Å². The Balaban J connectivity index is 2.03. The number of hydrogen-bond acceptors (Lipinski definition) is 4. The molecule has 3 N–H and O–H groups in total. The van der Waals surface area contributed by atoms with Gasteiger partial charge < -0.3 is 11.1 Å². The Morgan fingerprint density at radius 1 is 1.38 bits per heavy atom. The molecule has 0 bridgehead atoms. The Bertz CT molecular complexity index is 468. The summed E-state index contributed by atoms with van der Waals surface area (Å²) in [4.78, 5) is 8.25. The zero-order valence-corrected chi connectivity index (χ0v) is 9.14. The number of nitrogen functional groups attached to an aromatic ring is 1. The summed E-state index contributed by atoms with van der Waals surface area (Å²) in [7, 11) is 0. The van der Waals surface area contributed by atoms with Gasteiger partial charge in [0.15, 0.2) is 0 Å². The van der Waals surface area contributed by atoms with Crippen LogP contribution in [0.15, 0.2) is 36.8 Å². The van der Waals surface area contributed by atoms with Gasteiger partial charge in [-0.15, -0.1) is 0 Å². The highest BCUT2D eigenvalue weighted by molar-refractivity contribution is 5.50. The third-order valence-corrected chi connectivity index (χ3v) is 2.35. The first-order valence-corrected chi connectivity index (χ1v) is 5.10. The van der Waals surface area contributed by atoms with Crippen LogP contribution in [-0.4, -0.2) is 9.97 Å². The lowest BCUT2D eigenvalue weighted by Gasteiger charge is -2.07. The van der Waals surface area contributed by atoms with Crippen LogP contribution in [-0.2, 0) is 6.54 Å². The third-order valence-electron chi connectivity index (χ3n) is 2.35. The van der Waals surface area contributed by atoms with Crippen molar-refractivity contribution in [3.05, 3.63) is 47.9 Å². The van der Waals surface area contributed by atoms with E-state index in [2.05, 4.69) is 15.3 Å². The van der Waals surface area contributed by atoms with Gasteiger partial charge in [-0.25, -0.2) is 4.98 Å². The Morgan fingerprint density at radius 2 is 2.25 bits per heavy atom. The van der Waals surface area contributed by atoms with E-state index in [-0.39, 0.29) is 0 Å². The summed E-state index contributed by atoms with van der Waals surface area (Å²) < 4.78 is 0. The van der Waals surface area contributed by atoms with Gasteiger partial charge in [0.1, 0.15) is 5.82 Å². The number of aromatic nitrogens is 2. The second-order valence-corrected chi connectivity index (χ2v) is 3.64. The minimum atomic E-state index is 0.712. The lowest BCUT2D eigenvalue weighted by atomic mass is 10.2. The highest BCUT2D eigenvalue weighted by Gasteiger charge is 1.98. The number of rotatable bonds is 3. The van der Waals surface area contributed by atoms with Crippen molar-refractivity contribution in [1.82, 2.24) is 9.97 Å². The number of nitrogens with zero attached hydrogens (tertiary/aromatic N) is 2. The van der Waals surface area contributed by atoms with Crippen LogP contribution in [0, 0.1) is 6.92 Å². The Hall–Kier alpha value is -2.10. The van der Waals surface area contributed by atoms with Crippen LogP contribution in [0.2, 0.25) is 0 Å². The summed E-state index contributed by atoms with van der Waals surface area (Å²) in [6.45, 7) is 2.68. The standard InChI is InChI=1S/C12H14N4/c1-9-5-12(16-8-11(9)13)15-7-10-3-2-4-14-6-10/h2-6,8H,7,13H2,1H3,(H,15,16). The lowest BCUT2D eigenvalue weighted by Crippen LogP contribution is -2.02. The summed E-state index contributed by atoms with van der Waals surface area (Å²) in [5, 5.41) is 3.22. The van der Waals surface area contributed by atoms with Gasteiger partial charge in [-0.3, -0.25) is 4.98 Å². The first-order chi connectivity index (χ1) is 7.75. The number of hydrogen-bond donors (Lipinski definition) is 2. The largest absolute Gasteiger partial charge is 0.397 e. The van der Waals surface area contributed by atoms with Gasteiger partial charge in [0, 0.05) is 18.9 Å². The smallest absolute Gasteiger partial charge is 0.126 e. The summed E-state index contributed by atoms with van der Waals surface area (Å²) in [6.07, 6.45) is 5.26. The Morgan fingerprint density at radius 3 is 2.94 bits per heavy atom. The van der Waals surface area contributed by atoms with Crippen molar-refractivity contribution in [1.29, 1.82) is 0 Å². The molecule has 0 amide bonds. The fraction of sp³-hybridized carbons (Fsp3) is 0.167. The number of nitrogens with two attached hydrogens (primary N) is 1. The second-order valence-electron chi connectivity index (χ2n) is 3.64. The van der Waals surface area contributed by atoms with E-state index in [1.165, 1.54) is 0 Å². The molecule has 0 aliphatic rings. The first-order valence-electron chi connectivity index (χ1n) is 5.10. The van der Waals surface area contributed by atoms with Crippen LogP contribution in [0.1, 0.15) is 11.1 Å². The van der Waals surface area contributed by atoms with Gasteiger partial charge in [-0.05, 0) is 30.2 Å². The van der Waals surface area contributed by atoms with E-state index in [0.717, 1.165) is 16.9 Å². The molecule has 0 saturated heterocycles. The molecular formula is C12H14N4. The van der Waals surface area contributed by atoms with Crippen molar-refractivity contribution in [2.45, 2.75) is 13.5 Å². The van der Waals surface area contributed by atoms with E-state index in [0.29, 0.717) is 12.2 Å². The van der Waals surface area contributed by atoms with Crippen molar-refractivity contribution < 1.29 is 0 Å². The third kappa shape index (κ3) is 2.48. The van der Waals surface area contributed by atoms with Crippen LogP contribution < -0.4 is 11.1 Å². The Kier molecular flexibility index (Phi) is 3.00. The minimum Gasteiger partial charge on any atom is -0.397 e. The fourth-order valence-corrected chi connectivity index (χ4v) is 1.36. The van der Waals surface area contributed by atoms with Gasteiger partial charge in [0.05, 0.1) is 11.9 Å². The molecule has 0 atom stereocenters. The average Bonchev–Trinajstić information content (AvgIpc) is 2.32. The maximum Gasteiger partial charge on any atom is 0.126 e. The van der Waals surface area contributed by atoms with Gasteiger partial charge >= 0.3 is 0 Å². The number of nitrogens with one attached hydrogen (secondary N) is 1. The molecule has 0 fully saturated rings. The average molecular weight is 214 g/mol. The highest BCUT2D eigenvalue weighted by atomic mass is 15.0. The molecule has 2 aromatic rings. The van der Waals surface area contributed by atoms with Crippen molar-refractivity contribution in [3.63, 3.8) is 0 Å². The lowest BCUT2D eigenvalue weighted by molar-refractivity contribution is 1.08. The molecule has 16 heavy (non-hydrogen) atoms. The predicted molar refractivity (Wildman–Crippen MR) is 65.0 cm³/mol. The van der Waals surface area contributed by atoms with E-state index >= 15 is 0 Å². The normalized spacial score (nSPS) is 10.1. The Labute approximate surface area is 94.5 Å². The SMILES string of the molecule is Cc1cc(NCc2cccnc2)ncc1N. The van der Waals surface area contributed by atoms with Crippen molar-refractivity contribution in [3.8, 4) is 0 Å². The first kappa shape index (κ1) is 10.4. The van der Waals surface area contributed by atoms with E-state index in [1.54, 1.807) is 12.4 Å². The van der Waals surface area contributed by atoms with Gasteiger partial charge in [-0.1, -0.05) is 6.07 Å². The monoisotopic (exact) mass is 214 g/mol. The molecule has 0 unspecified atom stereocenters. The minimum absolute atomic E-state index is 0.712. The van der Waals surface area contributed by atoms with E-state index < -0.39 is 0 Å². The van der Waals surface area contributed by atoms with E-state index in [1.807, 2.05) is 31.3 Å². The van der Waals surface area contributed by atoms with Crippen molar-refractivity contribution in [2.75, 3.05) is 11.1 Å². The van der Waals surface area contributed by atoms with Gasteiger partial charge in [0.2, 0.25) is 0 Å². The van der Waals surface area contributed by atoms with Gasteiger partial charge in [-0.2, -0.15) is 0 Å². The number of pyridine rings is 2. The summed E-state index contributed by atoms with van der Waals surface area (Å²) in [6, 6.07) is 5.87. The summed E-state index contributed by atoms with van der Waals surface area (Å²) in [5.74, 6) is 0.829. The summed E-state index contributed by atoms with van der Waals surface area (Å²) >= 11 is 0.